The van der Waals surface area contributed by atoms with E-state index in [1.807, 2.05) is 77.1 Å². The Hall–Kier alpha value is -3.36. The molecule has 0 fully saturated rings. The summed E-state index contributed by atoms with van der Waals surface area (Å²) in [4.78, 5) is 13.1. The maximum absolute atomic E-state index is 13.0. The minimum Gasteiger partial charge on any atom is -0.488 e. The van der Waals surface area contributed by atoms with Gasteiger partial charge >= 0.3 is 0 Å². The van der Waals surface area contributed by atoms with Gasteiger partial charge in [-0.3, -0.25) is 4.79 Å². The van der Waals surface area contributed by atoms with Crippen molar-refractivity contribution >= 4 is 27.3 Å². The van der Waals surface area contributed by atoms with Crippen LogP contribution in [-0.2, 0) is 26.8 Å². The highest BCUT2D eigenvalue weighted by atomic mass is 32.2. The van der Waals surface area contributed by atoms with Crippen molar-refractivity contribution in [1.82, 2.24) is 4.31 Å². The first-order valence-electron chi connectivity index (χ1n) is 12.2. The van der Waals surface area contributed by atoms with Crippen LogP contribution in [-0.4, -0.2) is 39.3 Å². The van der Waals surface area contributed by atoms with E-state index in [1.54, 1.807) is 12.1 Å². The van der Waals surface area contributed by atoms with Crippen LogP contribution < -0.4 is 15.4 Å². The first kappa shape index (κ1) is 28.2. The third-order valence-corrected chi connectivity index (χ3v) is 7.93. The van der Waals surface area contributed by atoms with Crippen LogP contribution in [0.3, 0.4) is 0 Å². The molecule has 0 aromatic heterocycles. The number of aryl methyl sites for hydroxylation is 1. The van der Waals surface area contributed by atoms with Crippen LogP contribution in [0.15, 0.2) is 65.6 Å². The summed E-state index contributed by atoms with van der Waals surface area (Å²) in [6.07, 6.45) is 0. The Bertz CT molecular complexity index is 1360. The molecule has 8 heteroatoms. The molecule has 3 aromatic carbocycles. The molecule has 37 heavy (non-hydrogen) atoms. The fourth-order valence-electron chi connectivity index (χ4n) is 3.99. The van der Waals surface area contributed by atoms with E-state index < -0.39 is 10.0 Å². The lowest BCUT2D eigenvalue weighted by atomic mass is 9.86. The number of rotatable bonds is 9. The topological polar surface area (TPSA) is 87.7 Å². The summed E-state index contributed by atoms with van der Waals surface area (Å²) in [5, 5.41) is 6.12. The van der Waals surface area contributed by atoms with Gasteiger partial charge in [0.25, 0.3) is 0 Å². The maximum atomic E-state index is 13.0. The molecular formula is C29H37N3O4S. The highest BCUT2D eigenvalue weighted by Crippen LogP contribution is 2.33. The first-order chi connectivity index (χ1) is 17.3. The van der Waals surface area contributed by atoms with E-state index >= 15 is 0 Å². The second-order valence-electron chi connectivity index (χ2n) is 10.3. The average Bonchev–Trinajstić information content (AvgIpc) is 2.83. The fourth-order valence-corrected chi connectivity index (χ4v) is 4.92. The van der Waals surface area contributed by atoms with Crippen molar-refractivity contribution in [2.24, 2.45) is 0 Å². The van der Waals surface area contributed by atoms with Crippen LogP contribution >= 0.6 is 0 Å². The zero-order valence-electron chi connectivity index (χ0n) is 22.7. The Kier molecular flexibility index (Phi) is 8.66. The molecule has 0 aliphatic carbocycles. The lowest BCUT2D eigenvalue weighted by Crippen LogP contribution is -2.26. The van der Waals surface area contributed by atoms with Crippen molar-refractivity contribution in [2.75, 3.05) is 31.3 Å². The molecule has 0 saturated heterocycles. The lowest BCUT2D eigenvalue weighted by molar-refractivity contribution is -0.114. The Morgan fingerprint density at radius 1 is 0.946 bits per heavy atom. The second-order valence-corrected chi connectivity index (χ2v) is 12.5. The molecule has 0 spiro atoms. The van der Waals surface area contributed by atoms with Gasteiger partial charge in [-0.05, 0) is 54.2 Å². The van der Waals surface area contributed by atoms with Gasteiger partial charge in [-0.25, -0.2) is 12.7 Å². The average molecular weight is 524 g/mol. The third-order valence-electron chi connectivity index (χ3n) is 6.12. The maximum Gasteiger partial charge on any atom is 0.243 e. The number of nitrogens with one attached hydrogen (secondary N) is 2. The molecule has 198 valence electrons. The van der Waals surface area contributed by atoms with Gasteiger partial charge in [0.15, 0.2) is 0 Å². The van der Waals surface area contributed by atoms with Crippen LogP contribution in [0.5, 0.6) is 5.75 Å². The number of sulfonamides is 1. The van der Waals surface area contributed by atoms with Crippen LogP contribution in [0.1, 0.15) is 43.0 Å². The summed E-state index contributed by atoms with van der Waals surface area (Å²) in [5.74, 6) is 0.502. The van der Waals surface area contributed by atoms with Gasteiger partial charge in [0.1, 0.15) is 12.4 Å². The largest absolute Gasteiger partial charge is 0.488 e. The molecular weight excluding hydrogens is 486 g/mol. The Morgan fingerprint density at radius 3 is 2.24 bits per heavy atom. The number of hydrogen-bond acceptors (Lipinski definition) is 5. The summed E-state index contributed by atoms with van der Waals surface area (Å²) in [5.41, 5.74) is 4.83. The van der Waals surface area contributed by atoms with Gasteiger partial charge in [-0.1, -0.05) is 63.2 Å². The highest BCUT2D eigenvalue weighted by Gasteiger charge is 2.24. The molecule has 0 saturated carbocycles. The van der Waals surface area contributed by atoms with Gasteiger partial charge in [-0.2, -0.15) is 0 Å². The van der Waals surface area contributed by atoms with E-state index in [1.165, 1.54) is 20.2 Å². The van der Waals surface area contributed by atoms with Gasteiger partial charge in [0.05, 0.1) is 11.4 Å². The summed E-state index contributed by atoms with van der Waals surface area (Å²) in [6, 6.07) is 18.7. The number of anilines is 2. The van der Waals surface area contributed by atoms with Crippen LogP contribution in [0.4, 0.5) is 11.4 Å². The minimum absolute atomic E-state index is 0.0102. The number of ether oxygens (including phenoxy) is 1. The minimum atomic E-state index is -3.64. The first-order valence-corrected chi connectivity index (χ1v) is 13.6. The number of carbonyl (C=O) groups is 1. The summed E-state index contributed by atoms with van der Waals surface area (Å²) in [6.45, 7) is 10.5. The summed E-state index contributed by atoms with van der Waals surface area (Å²) < 4.78 is 32.6. The normalized spacial score (nSPS) is 11.9. The van der Waals surface area contributed by atoms with Crippen molar-refractivity contribution < 1.29 is 17.9 Å². The molecule has 0 atom stereocenters. The highest BCUT2D eigenvalue weighted by molar-refractivity contribution is 7.89. The zero-order valence-corrected chi connectivity index (χ0v) is 23.5. The molecule has 0 bridgehead atoms. The van der Waals surface area contributed by atoms with Gasteiger partial charge in [-0.15, -0.1) is 0 Å². The van der Waals surface area contributed by atoms with E-state index in [-0.39, 0.29) is 22.8 Å². The van der Waals surface area contributed by atoms with Crippen molar-refractivity contribution in [1.29, 1.82) is 0 Å². The summed E-state index contributed by atoms with van der Waals surface area (Å²) >= 11 is 0. The quantitative estimate of drug-likeness (QED) is 0.388. The lowest BCUT2D eigenvalue weighted by Gasteiger charge is -2.24. The number of carbonyl (C=O) groups excluding carboxylic acids is 1. The van der Waals surface area contributed by atoms with Crippen LogP contribution in [0, 0.1) is 13.8 Å². The smallest absolute Gasteiger partial charge is 0.243 e. The number of amides is 1. The molecule has 2 N–H and O–H groups in total. The molecule has 0 aliphatic rings. The molecule has 0 heterocycles. The van der Waals surface area contributed by atoms with Crippen molar-refractivity contribution in [3.8, 4) is 5.75 Å². The van der Waals surface area contributed by atoms with Crippen LogP contribution in [0.2, 0.25) is 0 Å². The van der Waals surface area contributed by atoms with Gasteiger partial charge in [0.2, 0.25) is 15.9 Å². The van der Waals surface area contributed by atoms with Gasteiger partial charge in [0, 0.05) is 31.0 Å². The zero-order chi connectivity index (χ0) is 27.4. The van der Waals surface area contributed by atoms with Crippen LogP contribution in [0.25, 0.3) is 0 Å². The fraction of sp³-hybridized carbons (Fsp3) is 0.345. The molecule has 1 amide bonds. The molecule has 3 aromatic rings. The molecule has 3 rings (SSSR count). The SMILES string of the molecule is Cc1ccc(NCC(=O)Nc2cc(S(=O)(=O)N(C)C)ccc2C(C)(C)C)c(C)c1OCc1ccccc1. The number of nitrogens with zero attached hydrogens (tertiary/aromatic N) is 1. The summed E-state index contributed by atoms with van der Waals surface area (Å²) in [7, 11) is -0.674. The third kappa shape index (κ3) is 6.90. The standard InChI is InChI=1S/C29H37N3O4S/c1-20-13-16-25(21(2)28(20)36-19-22-11-9-8-10-12-22)30-18-27(33)31-26-17-23(37(34,35)32(6)7)14-15-24(26)29(3,4)5/h8-17,30H,18-19H2,1-7H3,(H,31,33). The number of benzene rings is 3. The molecule has 0 unspecified atom stereocenters. The predicted octanol–water partition coefficient (Wildman–Crippen LogP) is 5.48. The van der Waals surface area contributed by atoms with E-state index in [0.29, 0.717) is 12.3 Å². The Balaban J connectivity index is 1.77. The van der Waals surface area contributed by atoms with Crippen molar-refractivity contribution in [3.05, 3.63) is 82.9 Å². The predicted molar refractivity (Wildman–Crippen MR) is 150 cm³/mol. The molecule has 0 radical (unpaired) electrons. The Labute approximate surface area is 220 Å². The van der Waals surface area contributed by atoms with Crippen molar-refractivity contribution in [2.45, 2.75) is 51.5 Å². The monoisotopic (exact) mass is 523 g/mol. The van der Waals surface area contributed by atoms with E-state index in [0.717, 1.165) is 38.0 Å². The van der Waals surface area contributed by atoms with Crippen molar-refractivity contribution in [3.63, 3.8) is 0 Å². The molecule has 0 aliphatic heterocycles. The molecule has 7 nitrogen and oxygen atoms in total. The Morgan fingerprint density at radius 2 is 1.62 bits per heavy atom. The van der Waals surface area contributed by atoms with Gasteiger partial charge < -0.3 is 15.4 Å². The van der Waals surface area contributed by atoms with E-state index in [9.17, 15) is 13.2 Å². The van der Waals surface area contributed by atoms with E-state index in [4.69, 9.17) is 4.74 Å². The number of hydrogen-bond donors (Lipinski definition) is 2. The second kappa shape index (κ2) is 11.4. The van der Waals surface area contributed by atoms with E-state index in [2.05, 4.69) is 10.6 Å².